The highest BCUT2D eigenvalue weighted by Crippen LogP contribution is 2.69. The molecule has 15 heavy (non-hydrogen) atoms. The summed E-state index contributed by atoms with van der Waals surface area (Å²) in [7, 11) is 0. The molecule has 0 saturated heterocycles. The van der Waals surface area contributed by atoms with Gasteiger partial charge in [-0.1, -0.05) is 27.7 Å². The summed E-state index contributed by atoms with van der Waals surface area (Å²) in [6.07, 6.45) is 0. The van der Waals surface area contributed by atoms with E-state index in [0.717, 1.165) is 9.35 Å². The van der Waals surface area contributed by atoms with Crippen LogP contribution in [-0.4, -0.2) is 5.78 Å². The summed E-state index contributed by atoms with van der Waals surface area (Å²) in [5.41, 5.74) is 0.265. The largest absolute Gasteiger partial charge is 0.293 e. The molecule has 0 bridgehead atoms. The van der Waals surface area contributed by atoms with Crippen molar-refractivity contribution in [1.29, 1.82) is 0 Å². The van der Waals surface area contributed by atoms with Crippen LogP contribution in [0.25, 0.3) is 0 Å². The van der Waals surface area contributed by atoms with E-state index in [2.05, 4.69) is 43.6 Å². The summed E-state index contributed by atoms with van der Waals surface area (Å²) in [5, 5.41) is 1.96. The number of carbonyl (C=O) groups is 1. The zero-order valence-electron chi connectivity index (χ0n) is 9.43. The topological polar surface area (TPSA) is 17.1 Å². The van der Waals surface area contributed by atoms with E-state index < -0.39 is 0 Å². The fourth-order valence-corrected chi connectivity index (χ4v) is 3.99. The van der Waals surface area contributed by atoms with Crippen molar-refractivity contribution in [3.05, 3.63) is 20.8 Å². The minimum atomic E-state index is 0.132. The molecule has 0 aliphatic heterocycles. The zero-order valence-corrected chi connectivity index (χ0v) is 11.8. The highest BCUT2D eigenvalue weighted by Gasteiger charge is 2.68. The quantitative estimate of drug-likeness (QED) is 0.738. The smallest absolute Gasteiger partial charge is 0.178 e. The van der Waals surface area contributed by atoms with E-state index >= 15 is 0 Å². The summed E-state index contributed by atoms with van der Waals surface area (Å²) in [4.78, 5) is 13.2. The minimum absolute atomic E-state index is 0.132. The molecule has 1 nitrogen and oxygen atoms in total. The molecule has 1 heterocycles. The van der Waals surface area contributed by atoms with Crippen molar-refractivity contribution < 1.29 is 4.79 Å². The summed E-state index contributed by atoms with van der Waals surface area (Å²) in [6, 6.07) is 1.94. The number of rotatable bonds is 2. The van der Waals surface area contributed by atoms with Crippen LogP contribution in [0.1, 0.15) is 37.4 Å². The number of carbonyl (C=O) groups excluding carboxylic acids is 1. The van der Waals surface area contributed by atoms with Crippen molar-refractivity contribution >= 4 is 33.0 Å². The van der Waals surface area contributed by atoms with Crippen LogP contribution in [0, 0.1) is 16.7 Å². The normalized spacial score (nSPS) is 22.7. The maximum Gasteiger partial charge on any atom is 0.178 e. The molecule has 0 N–H and O–H groups in total. The van der Waals surface area contributed by atoms with Crippen molar-refractivity contribution in [2.75, 3.05) is 0 Å². The van der Waals surface area contributed by atoms with Gasteiger partial charge in [0, 0.05) is 10.4 Å². The second-order valence-corrected chi connectivity index (χ2v) is 7.11. The lowest BCUT2D eigenvalue weighted by Gasteiger charge is -2.03. The average Bonchev–Trinajstić information content (AvgIpc) is 2.48. The van der Waals surface area contributed by atoms with Gasteiger partial charge in [-0.2, -0.15) is 0 Å². The van der Waals surface area contributed by atoms with Gasteiger partial charge in [-0.3, -0.25) is 4.79 Å². The highest BCUT2D eigenvalue weighted by atomic mass is 79.9. The third-order valence-corrected chi connectivity index (χ3v) is 5.98. The van der Waals surface area contributed by atoms with Crippen molar-refractivity contribution in [2.45, 2.75) is 27.7 Å². The molecule has 0 spiro atoms. The van der Waals surface area contributed by atoms with Crippen LogP contribution in [0.15, 0.2) is 15.9 Å². The van der Waals surface area contributed by atoms with Gasteiger partial charge in [0.2, 0.25) is 0 Å². The zero-order chi connectivity index (χ0) is 11.4. The number of ketones is 1. The van der Waals surface area contributed by atoms with E-state index in [4.69, 9.17) is 0 Å². The second-order valence-electron chi connectivity index (χ2n) is 5.34. The van der Waals surface area contributed by atoms with Crippen molar-refractivity contribution in [1.82, 2.24) is 0 Å². The number of hydrogen-bond donors (Lipinski definition) is 0. The third kappa shape index (κ3) is 1.43. The van der Waals surface area contributed by atoms with Crippen molar-refractivity contribution in [3.8, 4) is 0 Å². The molecule has 1 aliphatic rings. The molecule has 82 valence electrons. The lowest BCUT2D eigenvalue weighted by atomic mass is 10.0. The molecular weight excluding hydrogens is 272 g/mol. The fourth-order valence-electron chi connectivity index (χ4n) is 2.45. The molecule has 0 amide bonds. The minimum Gasteiger partial charge on any atom is -0.293 e. The van der Waals surface area contributed by atoms with E-state index in [1.54, 1.807) is 0 Å². The first-order chi connectivity index (χ1) is 6.80. The first-order valence-corrected chi connectivity index (χ1v) is 6.74. The Balaban J connectivity index is 2.30. The maximum absolute atomic E-state index is 12.3. The molecule has 0 unspecified atom stereocenters. The Morgan fingerprint density at radius 3 is 2.20 bits per heavy atom. The van der Waals surface area contributed by atoms with Gasteiger partial charge >= 0.3 is 0 Å². The van der Waals surface area contributed by atoms with Crippen molar-refractivity contribution in [3.63, 3.8) is 0 Å². The first kappa shape index (κ1) is 11.3. The molecule has 1 aliphatic carbocycles. The Kier molecular flexibility index (Phi) is 2.40. The average molecular weight is 287 g/mol. The first-order valence-electron chi connectivity index (χ1n) is 5.07. The molecule has 1 saturated carbocycles. The Morgan fingerprint density at radius 1 is 1.33 bits per heavy atom. The SMILES string of the molecule is CC1(C)C(C(=O)c2sccc2Br)C1(C)C. The lowest BCUT2D eigenvalue weighted by molar-refractivity contribution is 0.0948. The maximum atomic E-state index is 12.3. The number of thiophene rings is 1. The van der Waals surface area contributed by atoms with Gasteiger partial charge in [-0.25, -0.2) is 0 Å². The molecule has 0 radical (unpaired) electrons. The van der Waals surface area contributed by atoms with Crippen LogP contribution in [0.5, 0.6) is 0 Å². The van der Waals surface area contributed by atoms with Crippen LogP contribution >= 0.6 is 27.3 Å². The van der Waals surface area contributed by atoms with Gasteiger partial charge < -0.3 is 0 Å². The van der Waals surface area contributed by atoms with Crippen LogP contribution in [-0.2, 0) is 0 Å². The summed E-state index contributed by atoms with van der Waals surface area (Å²) >= 11 is 4.96. The Bertz CT molecular complexity index is 403. The summed E-state index contributed by atoms with van der Waals surface area (Å²) < 4.78 is 0.941. The molecule has 2 rings (SSSR count). The van der Waals surface area contributed by atoms with E-state index in [1.807, 2.05) is 11.4 Å². The van der Waals surface area contributed by atoms with Gasteiger partial charge in [0.1, 0.15) is 0 Å². The van der Waals surface area contributed by atoms with E-state index in [9.17, 15) is 4.79 Å². The molecule has 0 aromatic carbocycles. The molecule has 0 atom stereocenters. The van der Waals surface area contributed by atoms with Gasteiger partial charge in [-0.15, -0.1) is 11.3 Å². The van der Waals surface area contributed by atoms with Gasteiger partial charge in [-0.05, 0) is 38.2 Å². The molecule has 1 fully saturated rings. The molecule has 1 aromatic heterocycles. The van der Waals surface area contributed by atoms with Gasteiger partial charge in [0.25, 0.3) is 0 Å². The van der Waals surface area contributed by atoms with E-state index in [1.165, 1.54) is 11.3 Å². The van der Waals surface area contributed by atoms with Gasteiger partial charge in [0.05, 0.1) is 4.88 Å². The fraction of sp³-hybridized carbons (Fsp3) is 0.583. The monoisotopic (exact) mass is 286 g/mol. The number of hydrogen-bond acceptors (Lipinski definition) is 2. The predicted molar refractivity (Wildman–Crippen MR) is 67.4 cm³/mol. The standard InChI is InChI=1S/C12H15BrOS/c1-11(2)10(12(11,3)4)8(14)9-7(13)5-6-15-9/h5-6,10H,1-4H3. The molecular formula is C12H15BrOS. The lowest BCUT2D eigenvalue weighted by Crippen LogP contribution is -2.05. The molecule has 1 aromatic rings. The van der Waals surface area contributed by atoms with Crippen LogP contribution < -0.4 is 0 Å². The second kappa shape index (κ2) is 3.17. The molecule has 3 heteroatoms. The van der Waals surface area contributed by atoms with Gasteiger partial charge in [0.15, 0.2) is 5.78 Å². The predicted octanol–water partition coefficient (Wildman–Crippen LogP) is 4.38. The highest BCUT2D eigenvalue weighted by molar-refractivity contribution is 9.10. The van der Waals surface area contributed by atoms with E-state index in [-0.39, 0.29) is 16.7 Å². The number of Topliss-reactive ketones (excluding diaryl/α,β-unsaturated/α-hetero) is 1. The Labute approximate surface area is 103 Å². The summed E-state index contributed by atoms with van der Waals surface area (Å²) in [5.74, 6) is 0.465. The number of halogens is 1. The van der Waals surface area contributed by atoms with Crippen LogP contribution in [0.2, 0.25) is 0 Å². The van der Waals surface area contributed by atoms with Crippen LogP contribution in [0.3, 0.4) is 0 Å². The van der Waals surface area contributed by atoms with Crippen LogP contribution in [0.4, 0.5) is 0 Å². The van der Waals surface area contributed by atoms with E-state index in [0.29, 0.717) is 5.78 Å². The Morgan fingerprint density at radius 2 is 1.87 bits per heavy atom. The summed E-state index contributed by atoms with van der Waals surface area (Å²) in [6.45, 7) is 8.71. The van der Waals surface area contributed by atoms with Crippen molar-refractivity contribution in [2.24, 2.45) is 16.7 Å². The Hall–Kier alpha value is -0.150. The third-order valence-electron chi connectivity index (χ3n) is 4.12.